The van der Waals surface area contributed by atoms with Gasteiger partial charge in [-0.25, -0.2) is 0 Å². The second-order valence-electron chi connectivity index (χ2n) is 2.90. The van der Waals surface area contributed by atoms with Crippen molar-refractivity contribution in [3.8, 4) is 17.2 Å². The Hall–Kier alpha value is -1.64. The summed E-state index contributed by atoms with van der Waals surface area (Å²) in [6.07, 6.45) is 4.94. The van der Waals surface area contributed by atoms with E-state index in [1.165, 1.54) is 0 Å². The van der Waals surface area contributed by atoms with Crippen LogP contribution in [0.2, 0.25) is 0 Å². The molecule has 1 aliphatic rings. The summed E-state index contributed by atoms with van der Waals surface area (Å²) in [5.74, 6) is 1.99. The number of benzene rings is 1. The minimum atomic E-state index is 0.620. The van der Waals surface area contributed by atoms with Crippen LogP contribution in [0.5, 0.6) is 17.2 Å². The second kappa shape index (κ2) is 3.25. The lowest BCUT2D eigenvalue weighted by molar-refractivity contribution is 0.323. The van der Waals surface area contributed by atoms with E-state index in [0.29, 0.717) is 17.2 Å². The summed E-state index contributed by atoms with van der Waals surface area (Å²) in [6, 6.07) is 1.91. The van der Waals surface area contributed by atoms with Gasteiger partial charge in [-0.15, -0.1) is 0 Å². The predicted octanol–water partition coefficient (Wildman–Crippen LogP) is 1.89. The topological polar surface area (TPSA) is 27.7 Å². The van der Waals surface area contributed by atoms with Crippen molar-refractivity contribution in [3.63, 3.8) is 0 Å². The van der Waals surface area contributed by atoms with Crippen LogP contribution in [0.3, 0.4) is 0 Å². The van der Waals surface area contributed by atoms with Gasteiger partial charge in [0, 0.05) is 5.56 Å². The summed E-state index contributed by atoms with van der Waals surface area (Å²) in [4.78, 5) is 0. The molecule has 0 amide bonds. The molecule has 0 aromatic heterocycles. The van der Waals surface area contributed by atoms with Gasteiger partial charge in [0.05, 0.1) is 21.3 Å². The number of hydrogen-bond acceptors (Lipinski definition) is 3. The maximum absolute atomic E-state index is 5.25. The SMILES string of the molecule is COc1cc2c(c(OC)c1OC)[C]=C2. The molecule has 0 saturated carbocycles. The molecule has 2 rings (SSSR count). The Balaban J connectivity index is 2.61. The quantitative estimate of drug-likeness (QED) is 0.741. The van der Waals surface area contributed by atoms with Gasteiger partial charge in [0.1, 0.15) is 0 Å². The molecule has 3 nitrogen and oxygen atoms in total. The van der Waals surface area contributed by atoms with Crippen LogP contribution in [0.1, 0.15) is 11.1 Å². The highest BCUT2D eigenvalue weighted by Crippen LogP contribution is 2.45. The van der Waals surface area contributed by atoms with Crippen molar-refractivity contribution in [2.24, 2.45) is 0 Å². The lowest BCUT2D eigenvalue weighted by atomic mass is 9.96. The van der Waals surface area contributed by atoms with Gasteiger partial charge in [-0.1, -0.05) is 0 Å². The van der Waals surface area contributed by atoms with E-state index in [1.807, 2.05) is 12.1 Å². The van der Waals surface area contributed by atoms with E-state index >= 15 is 0 Å². The Morgan fingerprint density at radius 3 is 2.14 bits per heavy atom. The molecule has 0 N–H and O–H groups in total. The van der Waals surface area contributed by atoms with E-state index < -0.39 is 0 Å². The third kappa shape index (κ3) is 1.05. The molecule has 0 aliphatic heterocycles. The molecule has 0 unspecified atom stereocenters. The number of rotatable bonds is 3. The maximum atomic E-state index is 5.25. The van der Waals surface area contributed by atoms with Crippen molar-refractivity contribution < 1.29 is 14.2 Å². The Kier molecular flexibility index (Phi) is 2.08. The summed E-state index contributed by atoms with van der Waals surface area (Å²) < 4.78 is 15.7. The second-order valence-corrected chi connectivity index (χ2v) is 2.90. The van der Waals surface area contributed by atoms with Crippen LogP contribution in [0, 0.1) is 6.08 Å². The van der Waals surface area contributed by atoms with Gasteiger partial charge in [-0.05, 0) is 23.8 Å². The van der Waals surface area contributed by atoms with E-state index in [9.17, 15) is 0 Å². The molecule has 14 heavy (non-hydrogen) atoms. The minimum Gasteiger partial charge on any atom is -0.493 e. The van der Waals surface area contributed by atoms with Crippen LogP contribution < -0.4 is 14.2 Å². The van der Waals surface area contributed by atoms with Crippen molar-refractivity contribution in [1.29, 1.82) is 0 Å². The predicted molar refractivity (Wildman–Crippen MR) is 52.9 cm³/mol. The van der Waals surface area contributed by atoms with Crippen LogP contribution in [-0.2, 0) is 0 Å². The Morgan fingerprint density at radius 2 is 1.71 bits per heavy atom. The Labute approximate surface area is 82.9 Å². The standard InChI is InChI=1S/C11H11O3/c1-12-9-6-7-4-5-8(7)10(13-2)11(9)14-3/h4,6H,1-3H3. The van der Waals surface area contributed by atoms with E-state index in [-0.39, 0.29) is 0 Å². The summed E-state index contributed by atoms with van der Waals surface area (Å²) >= 11 is 0. The fourth-order valence-corrected chi connectivity index (χ4v) is 1.51. The van der Waals surface area contributed by atoms with Crippen molar-refractivity contribution in [1.82, 2.24) is 0 Å². The van der Waals surface area contributed by atoms with Gasteiger partial charge in [0.25, 0.3) is 0 Å². The average molecular weight is 191 g/mol. The average Bonchev–Trinajstić information content (AvgIpc) is 2.18. The summed E-state index contributed by atoms with van der Waals surface area (Å²) in [5, 5.41) is 0. The number of methoxy groups -OCH3 is 3. The molecule has 0 heterocycles. The Morgan fingerprint density at radius 1 is 1.00 bits per heavy atom. The normalized spacial score (nSPS) is 11.6. The van der Waals surface area contributed by atoms with Crippen LogP contribution in [0.4, 0.5) is 0 Å². The number of hydrogen-bond donors (Lipinski definition) is 0. The fourth-order valence-electron chi connectivity index (χ4n) is 1.51. The van der Waals surface area contributed by atoms with Gasteiger partial charge in [-0.3, -0.25) is 0 Å². The first-order chi connectivity index (χ1) is 6.81. The zero-order chi connectivity index (χ0) is 10.1. The zero-order valence-electron chi connectivity index (χ0n) is 8.38. The first kappa shape index (κ1) is 8.94. The van der Waals surface area contributed by atoms with Crippen molar-refractivity contribution in [2.45, 2.75) is 0 Å². The molecule has 0 fully saturated rings. The highest BCUT2D eigenvalue weighted by Gasteiger charge is 2.21. The molecule has 73 valence electrons. The van der Waals surface area contributed by atoms with Crippen molar-refractivity contribution in [2.75, 3.05) is 21.3 Å². The summed E-state index contributed by atoms with van der Waals surface area (Å²) in [7, 11) is 4.81. The highest BCUT2D eigenvalue weighted by atomic mass is 16.5. The molecule has 1 radical (unpaired) electrons. The largest absolute Gasteiger partial charge is 0.493 e. The first-order valence-corrected chi connectivity index (χ1v) is 4.24. The molecule has 1 aromatic rings. The highest BCUT2D eigenvalue weighted by molar-refractivity contribution is 5.76. The summed E-state index contributed by atoms with van der Waals surface area (Å²) in [5.41, 5.74) is 2.02. The van der Waals surface area contributed by atoms with Crippen LogP contribution in [0.15, 0.2) is 6.07 Å². The maximum Gasteiger partial charge on any atom is 0.203 e. The molecule has 0 atom stereocenters. The third-order valence-electron chi connectivity index (χ3n) is 2.23. The zero-order valence-corrected chi connectivity index (χ0v) is 8.38. The van der Waals surface area contributed by atoms with E-state index in [1.54, 1.807) is 21.3 Å². The number of ether oxygens (including phenoxy) is 3. The summed E-state index contributed by atoms with van der Waals surface area (Å²) in [6.45, 7) is 0. The molecular formula is C11H11O3. The molecule has 0 spiro atoms. The van der Waals surface area contributed by atoms with Crippen molar-refractivity contribution in [3.05, 3.63) is 23.3 Å². The van der Waals surface area contributed by atoms with Gasteiger partial charge in [-0.2, -0.15) is 0 Å². The van der Waals surface area contributed by atoms with Gasteiger partial charge < -0.3 is 14.2 Å². The monoisotopic (exact) mass is 191 g/mol. The van der Waals surface area contributed by atoms with E-state index in [4.69, 9.17) is 14.2 Å². The van der Waals surface area contributed by atoms with Gasteiger partial charge >= 0.3 is 0 Å². The lowest BCUT2D eigenvalue weighted by Crippen LogP contribution is -2.02. The fraction of sp³-hybridized carbons (Fsp3) is 0.273. The minimum absolute atomic E-state index is 0.620. The molecule has 1 aliphatic carbocycles. The molecule has 0 saturated heterocycles. The third-order valence-corrected chi connectivity index (χ3v) is 2.23. The molecule has 3 heteroatoms. The number of fused-ring (bicyclic) bond motifs is 1. The van der Waals surface area contributed by atoms with Crippen molar-refractivity contribution >= 4 is 6.08 Å². The molecular weight excluding hydrogens is 180 g/mol. The van der Waals surface area contributed by atoms with Crippen LogP contribution >= 0.6 is 0 Å². The van der Waals surface area contributed by atoms with Crippen LogP contribution in [-0.4, -0.2) is 21.3 Å². The first-order valence-electron chi connectivity index (χ1n) is 4.24. The van der Waals surface area contributed by atoms with Gasteiger partial charge in [0.15, 0.2) is 11.5 Å². The lowest BCUT2D eigenvalue weighted by Gasteiger charge is -2.19. The van der Waals surface area contributed by atoms with Crippen LogP contribution in [0.25, 0.3) is 6.08 Å². The molecule has 0 bridgehead atoms. The smallest absolute Gasteiger partial charge is 0.203 e. The molecule has 1 aromatic carbocycles. The Bertz CT molecular complexity index is 394. The van der Waals surface area contributed by atoms with E-state index in [0.717, 1.165) is 11.1 Å². The van der Waals surface area contributed by atoms with Gasteiger partial charge in [0.2, 0.25) is 5.75 Å². The van der Waals surface area contributed by atoms with E-state index in [2.05, 4.69) is 6.08 Å².